The third kappa shape index (κ3) is 4.33. The van der Waals surface area contributed by atoms with Crippen LogP contribution in [-0.4, -0.2) is 57.7 Å². The molecule has 7 nitrogen and oxygen atoms in total. The first-order chi connectivity index (χ1) is 14.2. The number of likely N-dealkylation sites (tertiary alicyclic amines) is 2. The number of fused-ring (bicyclic) bond motifs is 1. The summed E-state index contributed by atoms with van der Waals surface area (Å²) in [6.45, 7) is 4.47. The number of rotatable bonds is 3. The van der Waals surface area contributed by atoms with Crippen molar-refractivity contribution in [2.75, 3.05) is 31.5 Å². The molecule has 0 radical (unpaired) electrons. The minimum absolute atomic E-state index is 0.245. The summed E-state index contributed by atoms with van der Waals surface area (Å²) in [6.07, 6.45) is -2.83. The van der Waals surface area contributed by atoms with E-state index in [0.717, 1.165) is 19.2 Å². The van der Waals surface area contributed by atoms with Crippen LogP contribution in [0.25, 0.3) is 0 Å². The number of carbonyl (C=O) groups is 2. The summed E-state index contributed by atoms with van der Waals surface area (Å²) in [5.41, 5.74) is 0.00814. The van der Waals surface area contributed by atoms with Crippen molar-refractivity contribution in [3.05, 3.63) is 47.7 Å². The van der Waals surface area contributed by atoms with Gasteiger partial charge in [0.15, 0.2) is 5.82 Å². The molecule has 160 valence electrons. The number of alkyl halides is 3. The van der Waals surface area contributed by atoms with Gasteiger partial charge in [0.1, 0.15) is 0 Å². The quantitative estimate of drug-likeness (QED) is 0.828. The lowest BCUT2D eigenvalue weighted by atomic mass is 10.0. The molecule has 2 amide bonds. The maximum atomic E-state index is 12.9. The molecule has 0 aliphatic carbocycles. The molecule has 0 spiro atoms. The number of hydrogen-bond acceptors (Lipinski definition) is 4. The molecule has 3 heterocycles. The van der Waals surface area contributed by atoms with Crippen LogP contribution in [0.15, 0.2) is 36.5 Å². The SMILES string of the molecule is CC(=O)Nc1ccn(C(=O)N2CC3CN(Cc4cccc(C(F)(F)F)c4)CC3C2)n1. The third-order valence-electron chi connectivity index (χ3n) is 5.58. The second-order valence-corrected chi connectivity index (χ2v) is 7.93. The standard InChI is InChI=1S/C20H22F3N5O2/c1-13(29)24-18-5-6-28(25-18)19(30)27-11-15-9-26(10-16(15)12-27)8-14-3-2-4-17(7-14)20(21,22)23/h2-7,15-16H,8-12H2,1H3,(H,24,25,29). The van der Waals surface area contributed by atoms with Crippen LogP contribution in [-0.2, 0) is 17.5 Å². The van der Waals surface area contributed by atoms with Crippen LogP contribution in [0.1, 0.15) is 18.1 Å². The van der Waals surface area contributed by atoms with Crippen molar-refractivity contribution in [1.82, 2.24) is 19.6 Å². The second-order valence-electron chi connectivity index (χ2n) is 7.93. The van der Waals surface area contributed by atoms with Crippen LogP contribution in [0.5, 0.6) is 0 Å². The highest BCUT2D eigenvalue weighted by Gasteiger charge is 2.42. The maximum absolute atomic E-state index is 12.9. The van der Waals surface area contributed by atoms with Crippen molar-refractivity contribution in [3.8, 4) is 0 Å². The Hall–Kier alpha value is -2.88. The van der Waals surface area contributed by atoms with E-state index in [1.165, 1.54) is 29.9 Å². The van der Waals surface area contributed by atoms with E-state index in [1.54, 1.807) is 17.0 Å². The lowest BCUT2D eigenvalue weighted by molar-refractivity contribution is -0.137. The minimum atomic E-state index is -4.34. The first-order valence-electron chi connectivity index (χ1n) is 9.70. The summed E-state index contributed by atoms with van der Waals surface area (Å²) in [7, 11) is 0. The van der Waals surface area contributed by atoms with Gasteiger partial charge in [-0.2, -0.15) is 17.9 Å². The van der Waals surface area contributed by atoms with Crippen LogP contribution in [0.3, 0.4) is 0 Å². The number of benzene rings is 1. The fourth-order valence-corrected chi connectivity index (χ4v) is 4.30. The molecule has 2 saturated heterocycles. The molecule has 2 aliphatic rings. The minimum Gasteiger partial charge on any atom is -0.322 e. The number of carbonyl (C=O) groups excluding carboxylic acids is 2. The molecule has 1 aromatic carbocycles. The Balaban J connectivity index is 1.33. The van der Waals surface area contributed by atoms with Crippen molar-refractivity contribution < 1.29 is 22.8 Å². The second kappa shape index (κ2) is 7.75. The summed E-state index contributed by atoms with van der Waals surface area (Å²) in [4.78, 5) is 27.7. The molecule has 2 fully saturated rings. The molecular weight excluding hydrogens is 399 g/mol. The molecule has 2 unspecified atom stereocenters. The monoisotopic (exact) mass is 421 g/mol. The van der Waals surface area contributed by atoms with Crippen molar-refractivity contribution in [2.24, 2.45) is 11.8 Å². The van der Waals surface area contributed by atoms with Crippen molar-refractivity contribution >= 4 is 17.8 Å². The highest BCUT2D eigenvalue weighted by molar-refractivity contribution is 5.88. The first-order valence-corrected chi connectivity index (χ1v) is 9.70. The van der Waals surface area contributed by atoms with Gasteiger partial charge in [-0.3, -0.25) is 9.69 Å². The van der Waals surface area contributed by atoms with Crippen LogP contribution < -0.4 is 5.32 Å². The zero-order valence-corrected chi connectivity index (χ0v) is 16.4. The van der Waals surface area contributed by atoms with E-state index < -0.39 is 11.7 Å². The van der Waals surface area contributed by atoms with Crippen molar-refractivity contribution in [3.63, 3.8) is 0 Å². The van der Waals surface area contributed by atoms with E-state index in [2.05, 4.69) is 15.3 Å². The summed E-state index contributed by atoms with van der Waals surface area (Å²) >= 11 is 0. The molecule has 10 heteroatoms. The first kappa shape index (κ1) is 20.4. The predicted molar refractivity (Wildman–Crippen MR) is 103 cm³/mol. The topological polar surface area (TPSA) is 70.5 Å². The Kier molecular flexibility index (Phi) is 5.27. The van der Waals surface area contributed by atoms with Crippen LogP contribution in [0.2, 0.25) is 0 Å². The van der Waals surface area contributed by atoms with Gasteiger partial charge in [-0.15, -0.1) is 5.10 Å². The smallest absolute Gasteiger partial charge is 0.322 e. The van der Waals surface area contributed by atoms with Crippen LogP contribution in [0.4, 0.5) is 23.8 Å². The summed E-state index contributed by atoms with van der Waals surface area (Å²) in [5, 5.41) is 6.61. The Bertz CT molecular complexity index is 944. The van der Waals surface area contributed by atoms with Gasteiger partial charge in [0.25, 0.3) is 0 Å². The fraction of sp³-hybridized carbons (Fsp3) is 0.450. The van der Waals surface area contributed by atoms with Gasteiger partial charge in [0.05, 0.1) is 5.56 Å². The molecule has 2 aromatic rings. The summed E-state index contributed by atoms with van der Waals surface area (Å²) in [6, 6.07) is 6.75. The molecule has 1 aromatic heterocycles. The van der Waals surface area contributed by atoms with E-state index in [9.17, 15) is 22.8 Å². The maximum Gasteiger partial charge on any atom is 0.416 e. The Labute approximate surface area is 171 Å². The van der Waals surface area contributed by atoms with Gasteiger partial charge in [-0.25, -0.2) is 4.79 Å². The average molecular weight is 421 g/mol. The van der Waals surface area contributed by atoms with Crippen molar-refractivity contribution in [1.29, 1.82) is 0 Å². The van der Waals surface area contributed by atoms with Gasteiger partial charge < -0.3 is 10.2 Å². The molecule has 2 aliphatic heterocycles. The lowest BCUT2D eigenvalue weighted by Crippen LogP contribution is -2.36. The normalized spacial score (nSPS) is 21.7. The molecule has 2 atom stereocenters. The number of amides is 2. The van der Waals surface area contributed by atoms with E-state index >= 15 is 0 Å². The zero-order valence-electron chi connectivity index (χ0n) is 16.4. The van der Waals surface area contributed by atoms with Crippen molar-refractivity contribution in [2.45, 2.75) is 19.6 Å². The van der Waals surface area contributed by atoms with E-state index in [1.807, 2.05) is 0 Å². The predicted octanol–water partition coefficient (Wildman–Crippen LogP) is 2.89. The summed E-state index contributed by atoms with van der Waals surface area (Å²) < 4.78 is 40.0. The Morgan fingerprint density at radius 3 is 2.47 bits per heavy atom. The largest absolute Gasteiger partial charge is 0.416 e. The van der Waals surface area contributed by atoms with E-state index in [4.69, 9.17) is 0 Å². The number of halogens is 3. The molecular formula is C20H22F3N5O2. The number of nitrogens with zero attached hydrogens (tertiary/aromatic N) is 4. The summed E-state index contributed by atoms with van der Waals surface area (Å²) in [5.74, 6) is 0.627. The molecule has 30 heavy (non-hydrogen) atoms. The van der Waals surface area contributed by atoms with E-state index in [-0.39, 0.29) is 23.8 Å². The average Bonchev–Trinajstić information content (AvgIpc) is 3.35. The zero-order chi connectivity index (χ0) is 21.5. The third-order valence-corrected chi connectivity index (χ3v) is 5.58. The Morgan fingerprint density at radius 2 is 1.83 bits per heavy atom. The Morgan fingerprint density at radius 1 is 1.13 bits per heavy atom. The fourth-order valence-electron chi connectivity index (χ4n) is 4.30. The van der Waals surface area contributed by atoms with Crippen LogP contribution in [0, 0.1) is 11.8 Å². The van der Waals surface area contributed by atoms with Gasteiger partial charge >= 0.3 is 12.2 Å². The van der Waals surface area contributed by atoms with Gasteiger partial charge in [0, 0.05) is 51.9 Å². The number of aromatic nitrogens is 2. The van der Waals surface area contributed by atoms with Gasteiger partial charge in [0.2, 0.25) is 5.91 Å². The molecule has 4 rings (SSSR count). The van der Waals surface area contributed by atoms with Gasteiger partial charge in [-0.05, 0) is 23.5 Å². The van der Waals surface area contributed by atoms with E-state index in [0.29, 0.717) is 31.0 Å². The highest BCUT2D eigenvalue weighted by Crippen LogP contribution is 2.33. The molecule has 0 saturated carbocycles. The molecule has 1 N–H and O–H groups in total. The lowest BCUT2D eigenvalue weighted by Gasteiger charge is -2.21. The van der Waals surface area contributed by atoms with Crippen LogP contribution >= 0.6 is 0 Å². The number of nitrogens with one attached hydrogen (secondary N) is 1. The molecule has 0 bridgehead atoms. The highest BCUT2D eigenvalue weighted by atomic mass is 19.4. The number of hydrogen-bond donors (Lipinski definition) is 1. The number of anilines is 1. The van der Waals surface area contributed by atoms with Gasteiger partial charge in [-0.1, -0.05) is 18.2 Å².